The van der Waals surface area contributed by atoms with Gasteiger partial charge in [-0.1, -0.05) is 36.6 Å². The van der Waals surface area contributed by atoms with E-state index in [0.29, 0.717) is 11.3 Å². The smallest absolute Gasteiger partial charge is 0.242 e. The average molecular weight is 410 g/mol. The zero-order chi connectivity index (χ0) is 19.3. The first kappa shape index (κ1) is 22.4. The minimum Gasteiger partial charge on any atom is -0.361 e. The predicted octanol–water partition coefficient (Wildman–Crippen LogP) is 4.35. The number of rotatable bonds is 8. The highest BCUT2D eigenvalue weighted by Crippen LogP contribution is 2.28. The van der Waals surface area contributed by atoms with Gasteiger partial charge < -0.3 is 15.2 Å². The first-order valence-corrected chi connectivity index (χ1v) is 9.74. The number of nitrogens with zero attached hydrogens (tertiary/aromatic N) is 2. The van der Waals surface area contributed by atoms with E-state index in [9.17, 15) is 9.18 Å². The van der Waals surface area contributed by atoms with Gasteiger partial charge in [-0.3, -0.25) is 4.79 Å². The van der Waals surface area contributed by atoms with Gasteiger partial charge in [-0.15, -0.1) is 12.4 Å². The molecule has 0 bridgehead atoms. The third kappa shape index (κ3) is 5.55. The molecule has 1 aromatic heterocycles. The van der Waals surface area contributed by atoms with E-state index in [1.54, 1.807) is 11.0 Å². The highest BCUT2D eigenvalue weighted by atomic mass is 35.5. The molecule has 28 heavy (non-hydrogen) atoms. The summed E-state index contributed by atoms with van der Waals surface area (Å²) < 4.78 is 18.6. The molecule has 1 saturated carbocycles. The molecule has 1 heterocycles. The third-order valence-electron chi connectivity index (χ3n) is 5.36. The van der Waals surface area contributed by atoms with Crippen LogP contribution >= 0.6 is 12.4 Å². The number of carbonyl (C=O) groups excluding carboxylic acids is 1. The van der Waals surface area contributed by atoms with E-state index in [1.807, 2.05) is 19.2 Å². The Hall–Kier alpha value is -1.92. The van der Waals surface area contributed by atoms with Crippen molar-refractivity contribution < 1.29 is 13.7 Å². The first-order valence-electron chi connectivity index (χ1n) is 9.74. The maximum Gasteiger partial charge on any atom is 0.242 e. The number of likely N-dealkylation sites (N-methyl/N-ethyl adjacent to an activating group) is 1. The lowest BCUT2D eigenvalue weighted by molar-refractivity contribution is -0.135. The molecule has 0 radical (unpaired) electrons. The Morgan fingerprint density at radius 3 is 2.71 bits per heavy atom. The van der Waals surface area contributed by atoms with E-state index >= 15 is 0 Å². The van der Waals surface area contributed by atoms with Crippen LogP contribution in [0, 0.1) is 5.82 Å². The van der Waals surface area contributed by atoms with Crippen molar-refractivity contribution in [2.75, 3.05) is 13.6 Å². The van der Waals surface area contributed by atoms with Crippen LogP contribution < -0.4 is 5.73 Å². The van der Waals surface area contributed by atoms with Crippen LogP contribution in [0.4, 0.5) is 4.39 Å². The van der Waals surface area contributed by atoms with Gasteiger partial charge in [-0.2, -0.15) is 0 Å². The number of carbonyl (C=O) groups is 1. The first-order chi connectivity index (χ1) is 13.0. The van der Waals surface area contributed by atoms with E-state index in [4.69, 9.17) is 10.3 Å². The molecule has 0 aliphatic heterocycles. The number of aryl methyl sites for hydroxylation is 1. The van der Waals surface area contributed by atoms with Crippen LogP contribution in [0.15, 0.2) is 34.9 Å². The largest absolute Gasteiger partial charge is 0.361 e. The van der Waals surface area contributed by atoms with Crippen LogP contribution in [0.2, 0.25) is 0 Å². The van der Waals surface area contributed by atoms with Crippen molar-refractivity contribution in [3.8, 4) is 11.3 Å². The van der Waals surface area contributed by atoms with Crippen LogP contribution in [-0.4, -0.2) is 35.1 Å². The summed E-state index contributed by atoms with van der Waals surface area (Å²) in [5, 5.41) is 4.02. The van der Waals surface area contributed by atoms with Crippen LogP contribution in [0.3, 0.4) is 0 Å². The van der Waals surface area contributed by atoms with Gasteiger partial charge in [0.25, 0.3) is 0 Å². The van der Waals surface area contributed by atoms with Gasteiger partial charge >= 0.3 is 0 Å². The summed E-state index contributed by atoms with van der Waals surface area (Å²) in [6, 6.07) is 8.19. The summed E-state index contributed by atoms with van der Waals surface area (Å²) in [6.45, 7) is 0.725. The Bertz CT molecular complexity index is 775. The number of halogens is 2. The number of amides is 1. The van der Waals surface area contributed by atoms with Crippen molar-refractivity contribution in [1.29, 1.82) is 0 Å². The lowest BCUT2D eigenvalue weighted by Crippen LogP contribution is -2.52. The van der Waals surface area contributed by atoms with E-state index < -0.39 is 5.54 Å². The Morgan fingerprint density at radius 1 is 1.25 bits per heavy atom. The molecule has 1 aliphatic rings. The van der Waals surface area contributed by atoms with Crippen molar-refractivity contribution >= 4 is 18.3 Å². The summed E-state index contributed by atoms with van der Waals surface area (Å²) in [4.78, 5) is 14.2. The number of nitrogens with two attached hydrogens (primary N) is 1. The van der Waals surface area contributed by atoms with Crippen molar-refractivity contribution in [3.63, 3.8) is 0 Å². The van der Waals surface area contributed by atoms with Crippen molar-refractivity contribution in [2.45, 2.75) is 56.9 Å². The topological polar surface area (TPSA) is 72.4 Å². The van der Waals surface area contributed by atoms with Crippen LogP contribution in [-0.2, 0) is 11.2 Å². The molecule has 7 heteroatoms. The Morgan fingerprint density at radius 2 is 2.00 bits per heavy atom. The van der Waals surface area contributed by atoms with E-state index in [2.05, 4.69) is 5.16 Å². The second-order valence-corrected chi connectivity index (χ2v) is 7.59. The summed E-state index contributed by atoms with van der Waals surface area (Å²) in [7, 11) is 1.84. The molecule has 0 saturated heterocycles. The van der Waals surface area contributed by atoms with Crippen LogP contribution in [0.1, 0.15) is 50.7 Å². The van der Waals surface area contributed by atoms with Crippen LogP contribution in [0.25, 0.3) is 11.3 Å². The standard InChI is InChI=1S/C21H28FN3O2.ClH/c1-25(20(26)21(23)11-4-5-12-21)13-6-2-3-10-18-15-19(24-27-18)16-8-7-9-17(22)14-16;/h7-9,14-15H,2-6,10-13,23H2,1H3;1H. The molecule has 0 unspecified atom stereocenters. The quantitative estimate of drug-likeness (QED) is 0.658. The second kappa shape index (κ2) is 10.0. The zero-order valence-electron chi connectivity index (χ0n) is 16.3. The molecule has 1 amide bonds. The fourth-order valence-electron chi connectivity index (χ4n) is 3.74. The van der Waals surface area contributed by atoms with Gasteiger partial charge in [-0.25, -0.2) is 4.39 Å². The molecule has 2 aromatic rings. The summed E-state index contributed by atoms with van der Waals surface area (Å²) in [5.41, 5.74) is 6.97. The summed E-state index contributed by atoms with van der Waals surface area (Å²) >= 11 is 0. The normalized spacial score (nSPS) is 15.2. The fraction of sp³-hybridized carbons (Fsp3) is 0.524. The molecule has 0 spiro atoms. The van der Waals surface area contributed by atoms with E-state index in [0.717, 1.165) is 63.7 Å². The van der Waals surface area contributed by atoms with Gasteiger partial charge in [0.15, 0.2) is 0 Å². The zero-order valence-corrected chi connectivity index (χ0v) is 17.1. The molecule has 3 rings (SSSR count). The molecule has 0 atom stereocenters. The highest BCUT2D eigenvalue weighted by molar-refractivity contribution is 5.86. The molecule has 5 nitrogen and oxygen atoms in total. The Labute approximate surface area is 171 Å². The lowest BCUT2D eigenvalue weighted by Gasteiger charge is -2.28. The summed E-state index contributed by atoms with van der Waals surface area (Å²) in [5.74, 6) is 0.591. The van der Waals surface area contributed by atoms with Crippen LogP contribution in [0.5, 0.6) is 0 Å². The fourth-order valence-corrected chi connectivity index (χ4v) is 3.74. The molecule has 1 fully saturated rings. The maximum absolute atomic E-state index is 13.3. The monoisotopic (exact) mass is 409 g/mol. The predicted molar refractivity (Wildman–Crippen MR) is 110 cm³/mol. The Kier molecular flexibility index (Phi) is 8.01. The molecular weight excluding hydrogens is 381 g/mol. The minimum absolute atomic E-state index is 0. The Balaban J connectivity index is 0.00000280. The number of benzene rings is 1. The number of hydrogen-bond donors (Lipinski definition) is 1. The summed E-state index contributed by atoms with van der Waals surface area (Å²) in [6.07, 6.45) is 7.35. The molecule has 2 N–H and O–H groups in total. The van der Waals surface area contributed by atoms with Gasteiger partial charge in [-0.05, 0) is 37.8 Å². The second-order valence-electron chi connectivity index (χ2n) is 7.59. The van der Waals surface area contributed by atoms with E-state index in [1.165, 1.54) is 12.1 Å². The third-order valence-corrected chi connectivity index (χ3v) is 5.36. The SMILES string of the molecule is CN(CCCCCc1cc(-c2cccc(F)c2)no1)C(=O)C1(N)CCCC1.Cl. The average Bonchev–Trinajstić information content (AvgIpc) is 3.30. The van der Waals surface area contributed by atoms with E-state index in [-0.39, 0.29) is 24.1 Å². The number of hydrogen-bond acceptors (Lipinski definition) is 4. The van der Waals surface area contributed by atoms with Gasteiger partial charge in [0.2, 0.25) is 5.91 Å². The number of aromatic nitrogens is 1. The van der Waals surface area contributed by atoms with Crippen molar-refractivity contribution in [3.05, 3.63) is 41.9 Å². The number of unbranched alkanes of at least 4 members (excludes halogenated alkanes) is 2. The van der Waals surface area contributed by atoms with Gasteiger partial charge in [0.1, 0.15) is 17.3 Å². The molecule has 1 aliphatic carbocycles. The molecule has 154 valence electrons. The van der Waals surface area contributed by atoms with Gasteiger partial charge in [0.05, 0.1) is 5.54 Å². The van der Waals surface area contributed by atoms with Crippen molar-refractivity contribution in [1.82, 2.24) is 10.1 Å². The van der Waals surface area contributed by atoms with Crippen molar-refractivity contribution in [2.24, 2.45) is 5.73 Å². The minimum atomic E-state index is -0.637. The van der Waals surface area contributed by atoms with Gasteiger partial charge in [0, 0.05) is 31.6 Å². The molecular formula is C21H29ClFN3O2. The lowest BCUT2D eigenvalue weighted by atomic mass is 9.97. The highest BCUT2D eigenvalue weighted by Gasteiger charge is 2.38. The maximum atomic E-state index is 13.3. The molecule has 1 aromatic carbocycles.